The first-order chi connectivity index (χ1) is 8.58. The van der Waals surface area contributed by atoms with Crippen molar-refractivity contribution in [3.8, 4) is 0 Å². The van der Waals surface area contributed by atoms with Crippen LogP contribution < -0.4 is 5.32 Å². The van der Waals surface area contributed by atoms with Crippen LogP contribution in [-0.2, 0) is 4.79 Å². The number of nitrogens with one attached hydrogen (secondary N) is 1. The second kappa shape index (κ2) is 8.11. The monoisotopic (exact) mass is 270 g/mol. The quantitative estimate of drug-likeness (QED) is 0.772. The molecule has 1 amide bonds. The smallest absolute Gasteiger partial charge is 0.225 e. The molecule has 1 N–H and O–H groups in total. The van der Waals surface area contributed by atoms with Crippen molar-refractivity contribution < 1.29 is 9.18 Å². The summed E-state index contributed by atoms with van der Waals surface area (Å²) >= 11 is 1.76. The largest absolute Gasteiger partial charge is 0.326 e. The van der Waals surface area contributed by atoms with Crippen molar-refractivity contribution in [2.75, 3.05) is 37.5 Å². The molecular formula is C13H19FN2OS. The van der Waals surface area contributed by atoms with E-state index in [-0.39, 0.29) is 11.7 Å². The highest BCUT2D eigenvalue weighted by Crippen LogP contribution is 2.09. The first-order valence-corrected chi connectivity index (χ1v) is 7.01. The number of rotatable bonds is 7. The van der Waals surface area contributed by atoms with Crippen molar-refractivity contribution in [2.24, 2.45) is 0 Å². The molecule has 1 aromatic rings. The van der Waals surface area contributed by atoms with Crippen LogP contribution in [0.15, 0.2) is 24.3 Å². The number of anilines is 1. The normalized spacial score (nSPS) is 10.7. The fourth-order valence-corrected chi connectivity index (χ4v) is 2.30. The Morgan fingerprint density at radius 2 is 1.94 bits per heavy atom. The average Bonchev–Trinajstić information content (AvgIpc) is 2.31. The lowest BCUT2D eigenvalue weighted by molar-refractivity contribution is -0.115. The van der Waals surface area contributed by atoms with Crippen LogP contribution in [-0.4, -0.2) is 43.0 Å². The Hall–Kier alpha value is -1.07. The molecule has 0 radical (unpaired) electrons. The van der Waals surface area contributed by atoms with Crippen molar-refractivity contribution in [2.45, 2.75) is 6.42 Å². The lowest BCUT2D eigenvalue weighted by Crippen LogP contribution is -2.16. The third-order valence-electron chi connectivity index (χ3n) is 2.28. The molecule has 0 heterocycles. The fourth-order valence-electron chi connectivity index (χ4n) is 1.27. The maximum Gasteiger partial charge on any atom is 0.225 e. The Bertz CT molecular complexity index is 368. The number of benzene rings is 1. The minimum absolute atomic E-state index is 0.0287. The van der Waals surface area contributed by atoms with Crippen molar-refractivity contribution in [3.63, 3.8) is 0 Å². The van der Waals surface area contributed by atoms with E-state index in [4.69, 9.17) is 0 Å². The van der Waals surface area contributed by atoms with Crippen LogP contribution in [0.1, 0.15) is 6.42 Å². The van der Waals surface area contributed by atoms with Gasteiger partial charge < -0.3 is 10.2 Å². The molecule has 0 aliphatic rings. The van der Waals surface area contributed by atoms with Crippen LogP contribution in [0.3, 0.4) is 0 Å². The summed E-state index contributed by atoms with van der Waals surface area (Å²) in [5.41, 5.74) is 0.639. The van der Waals surface area contributed by atoms with Gasteiger partial charge in [0.1, 0.15) is 5.82 Å². The molecule has 1 aromatic carbocycles. The fraction of sp³-hybridized carbons (Fsp3) is 0.462. The van der Waals surface area contributed by atoms with E-state index in [0.717, 1.165) is 18.1 Å². The van der Waals surface area contributed by atoms with Gasteiger partial charge in [-0.2, -0.15) is 11.8 Å². The third kappa shape index (κ3) is 6.61. The van der Waals surface area contributed by atoms with Gasteiger partial charge in [0.2, 0.25) is 5.91 Å². The van der Waals surface area contributed by atoms with E-state index < -0.39 is 0 Å². The highest BCUT2D eigenvalue weighted by Gasteiger charge is 2.02. The van der Waals surface area contributed by atoms with Crippen molar-refractivity contribution >= 4 is 23.4 Å². The summed E-state index contributed by atoms with van der Waals surface area (Å²) in [7, 11) is 4.06. The van der Waals surface area contributed by atoms with Gasteiger partial charge in [-0.05, 0) is 38.4 Å². The highest BCUT2D eigenvalue weighted by atomic mass is 32.2. The molecule has 0 aliphatic heterocycles. The predicted molar refractivity (Wildman–Crippen MR) is 75.5 cm³/mol. The summed E-state index contributed by atoms with van der Waals surface area (Å²) in [6, 6.07) is 5.79. The minimum atomic E-state index is -0.299. The van der Waals surface area contributed by atoms with E-state index in [1.54, 1.807) is 23.9 Å². The van der Waals surface area contributed by atoms with Crippen LogP contribution >= 0.6 is 11.8 Å². The van der Waals surface area contributed by atoms with Gasteiger partial charge in [-0.3, -0.25) is 4.79 Å². The van der Waals surface area contributed by atoms with Crippen LogP contribution in [0.2, 0.25) is 0 Å². The van der Waals surface area contributed by atoms with Crippen molar-refractivity contribution in [1.82, 2.24) is 4.90 Å². The molecule has 5 heteroatoms. The topological polar surface area (TPSA) is 32.3 Å². The number of hydrogen-bond donors (Lipinski definition) is 1. The van der Waals surface area contributed by atoms with Gasteiger partial charge in [0.15, 0.2) is 0 Å². The van der Waals surface area contributed by atoms with E-state index in [1.165, 1.54) is 12.1 Å². The maximum absolute atomic E-state index is 12.7. The van der Waals surface area contributed by atoms with E-state index in [9.17, 15) is 9.18 Å². The molecule has 0 fully saturated rings. The first kappa shape index (κ1) is 15.0. The minimum Gasteiger partial charge on any atom is -0.326 e. The molecule has 0 bridgehead atoms. The zero-order chi connectivity index (χ0) is 13.4. The Labute approximate surface area is 112 Å². The second-order valence-electron chi connectivity index (χ2n) is 4.22. The van der Waals surface area contributed by atoms with E-state index >= 15 is 0 Å². The number of nitrogens with zero attached hydrogens (tertiary/aromatic N) is 1. The molecule has 100 valence electrons. The standard InChI is InChI=1S/C13H19FN2OS/c1-16(2)8-10-18-9-7-13(17)15-12-5-3-11(14)4-6-12/h3-6H,7-10H2,1-2H3,(H,15,17). The van der Waals surface area contributed by atoms with Crippen LogP contribution in [0.5, 0.6) is 0 Å². The SMILES string of the molecule is CN(C)CCSCCC(=O)Nc1ccc(F)cc1. The maximum atomic E-state index is 12.7. The van der Waals surface area contributed by atoms with E-state index in [1.807, 2.05) is 14.1 Å². The first-order valence-electron chi connectivity index (χ1n) is 5.86. The molecule has 0 spiro atoms. The molecule has 0 atom stereocenters. The average molecular weight is 270 g/mol. The summed E-state index contributed by atoms with van der Waals surface area (Å²) in [6.07, 6.45) is 0.482. The molecule has 0 unspecified atom stereocenters. The Balaban J connectivity index is 2.16. The van der Waals surface area contributed by atoms with E-state index in [0.29, 0.717) is 12.1 Å². The van der Waals surface area contributed by atoms with Gasteiger partial charge in [-0.25, -0.2) is 4.39 Å². The molecular weight excluding hydrogens is 251 g/mol. The summed E-state index contributed by atoms with van der Waals surface area (Å²) in [5.74, 6) is 1.50. The predicted octanol–water partition coefficient (Wildman–Crippen LogP) is 2.45. The molecule has 0 aliphatic carbocycles. The number of carbonyl (C=O) groups is 1. The van der Waals surface area contributed by atoms with Crippen LogP contribution in [0.4, 0.5) is 10.1 Å². The zero-order valence-electron chi connectivity index (χ0n) is 10.8. The van der Waals surface area contributed by atoms with Crippen molar-refractivity contribution in [1.29, 1.82) is 0 Å². The molecule has 0 saturated heterocycles. The number of hydrogen-bond acceptors (Lipinski definition) is 3. The molecule has 3 nitrogen and oxygen atoms in total. The van der Waals surface area contributed by atoms with Gasteiger partial charge in [-0.1, -0.05) is 0 Å². The van der Waals surface area contributed by atoms with E-state index in [2.05, 4.69) is 10.2 Å². The number of halogens is 1. The zero-order valence-corrected chi connectivity index (χ0v) is 11.6. The summed E-state index contributed by atoms with van der Waals surface area (Å²) < 4.78 is 12.7. The van der Waals surface area contributed by atoms with Gasteiger partial charge in [-0.15, -0.1) is 0 Å². The number of carbonyl (C=O) groups excluding carboxylic acids is 1. The van der Waals surface area contributed by atoms with Gasteiger partial charge in [0.05, 0.1) is 0 Å². The van der Waals surface area contributed by atoms with Gasteiger partial charge in [0.25, 0.3) is 0 Å². The number of thioether (sulfide) groups is 1. The van der Waals surface area contributed by atoms with Gasteiger partial charge in [0, 0.05) is 30.2 Å². The summed E-state index contributed by atoms with van der Waals surface area (Å²) in [4.78, 5) is 13.7. The van der Waals surface area contributed by atoms with Crippen LogP contribution in [0, 0.1) is 5.82 Å². The molecule has 1 rings (SSSR count). The second-order valence-corrected chi connectivity index (χ2v) is 5.45. The Kier molecular flexibility index (Phi) is 6.75. The third-order valence-corrected chi connectivity index (χ3v) is 3.25. The number of amides is 1. The summed E-state index contributed by atoms with van der Waals surface area (Å²) in [6.45, 7) is 1.02. The van der Waals surface area contributed by atoms with Gasteiger partial charge >= 0.3 is 0 Å². The molecule has 18 heavy (non-hydrogen) atoms. The highest BCUT2D eigenvalue weighted by molar-refractivity contribution is 7.99. The lowest BCUT2D eigenvalue weighted by Gasteiger charge is -2.08. The molecule has 0 aromatic heterocycles. The lowest BCUT2D eigenvalue weighted by atomic mass is 10.3. The van der Waals surface area contributed by atoms with Crippen molar-refractivity contribution in [3.05, 3.63) is 30.1 Å². The summed E-state index contributed by atoms with van der Waals surface area (Å²) in [5, 5.41) is 2.74. The molecule has 0 saturated carbocycles. The van der Waals surface area contributed by atoms with Crippen LogP contribution in [0.25, 0.3) is 0 Å². The Morgan fingerprint density at radius 1 is 1.28 bits per heavy atom. The Morgan fingerprint density at radius 3 is 2.56 bits per heavy atom.